The molecule has 1 saturated heterocycles. The number of aliphatic hydroxyl groups excluding tert-OH is 3. The van der Waals surface area contributed by atoms with Crippen molar-refractivity contribution < 1.29 is 24.8 Å². The molecule has 0 spiro atoms. The smallest absolute Gasteiger partial charge is 0.351 e. The average molecular weight is 446 g/mol. The Morgan fingerprint density at radius 1 is 1.16 bits per heavy atom. The molecule has 1 aliphatic carbocycles. The van der Waals surface area contributed by atoms with Gasteiger partial charge in [0.2, 0.25) is 0 Å². The molecule has 32 heavy (non-hydrogen) atoms. The molecule has 2 heterocycles. The Morgan fingerprint density at radius 3 is 2.53 bits per heavy atom. The van der Waals surface area contributed by atoms with E-state index in [1.165, 1.54) is 25.5 Å². The third-order valence-electron chi connectivity index (χ3n) is 6.48. The second kappa shape index (κ2) is 10.1. The number of nitrogens with two attached hydrogens (primary N) is 1. The number of benzene rings is 1. The highest BCUT2D eigenvalue weighted by Gasteiger charge is 2.44. The molecule has 1 unspecified atom stereocenters. The minimum Gasteiger partial charge on any atom is -0.394 e. The summed E-state index contributed by atoms with van der Waals surface area (Å²) >= 11 is 0. The maximum Gasteiger partial charge on any atom is 0.351 e. The van der Waals surface area contributed by atoms with Crippen molar-refractivity contribution in [2.24, 2.45) is 5.92 Å². The van der Waals surface area contributed by atoms with E-state index in [4.69, 9.17) is 15.2 Å². The molecule has 9 nitrogen and oxygen atoms in total. The summed E-state index contributed by atoms with van der Waals surface area (Å²) in [7, 11) is 0. The zero-order chi connectivity index (χ0) is 22.7. The Morgan fingerprint density at radius 2 is 1.88 bits per heavy atom. The number of hydrogen-bond donors (Lipinski definition) is 4. The van der Waals surface area contributed by atoms with Crippen LogP contribution in [0, 0.1) is 5.92 Å². The van der Waals surface area contributed by atoms with Gasteiger partial charge in [0.1, 0.15) is 24.1 Å². The van der Waals surface area contributed by atoms with Crippen LogP contribution in [0.2, 0.25) is 0 Å². The molecule has 9 heteroatoms. The molecule has 5 atom stereocenters. The molecule has 2 aliphatic rings. The quantitative estimate of drug-likeness (QED) is 0.500. The summed E-state index contributed by atoms with van der Waals surface area (Å²) in [6.07, 6.45) is 2.26. The zero-order valence-electron chi connectivity index (χ0n) is 17.9. The molecule has 2 fully saturated rings. The standard InChI is InChI=1S/C23H31N3O6/c24-21-16(11-26(23(30)25-21)22-19(29)18(28)17(12-27)32-22)13-31-20(14-7-3-1-4-8-14)15-9-5-2-6-10-15/h1,3-4,7-8,11,15,17-20,22,27-29H,2,5-6,9-10,12-13H2,(H2,24,25,30)/t17-,18-,19-,20?,22-/m1/s1. The van der Waals surface area contributed by atoms with Gasteiger partial charge in [0, 0.05) is 11.8 Å². The third-order valence-corrected chi connectivity index (χ3v) is 6.48. The van der Waals surface area contributed by atoms with E-state index in [9.17, 15) is 20.1 Å². The normalized spacial score (nSPS) is 27.5. The summed E-state index contributed by atoms with van der Waals surface area (Å²) in [6.45, 7) is -0.355. The molecule has 0 bridgehead atoms. The van der Waals surface area contributed by atoms with Crippen LogP contribution in [0.5, 0.6) is 0 Å². The van der Waals surface area contributed by atoms with Crippen LogP contribution in [0.1, 0.15) is 55.6 Å². The monoisotopic (exact) mass is 445 g/mol. The van der Waals surface area contributed by atoms with E-state index in [2.05, 4.69) is 17.1 Å². The van der Waals surface area contributed by atoms with E-state index in [-0.39, 0.29) is 18.5 Å². The van der Waals surface area contributed by atoms with Gasteiger partial charge in [-0.15, -0.1) is 0 Å². The van der Waals surface area contributed by atoms with Gasteiger partial charge < -0.3 is 30.5 Å². The molecule has 1 saturated carbocycles. The maximum absolute atomic E-state index is 12.4. The number of rotatable bonds is 7. The Kier molecular flexibility index (Phi) is 7.22. The molecule has 1 aromatic carbocycles. The fourth-order valence-electron chi connectivity index (χ4n) is 4.69. The number of aromatic nitrogens is 2. The molecule has 174 valence electrons. The zero-order valence-corrected chi connectivity index (χ0v) is 17.9. The van der Waals surface area contributed by atoms with Crippen LogP contribution in [0.25, 0.3) is 0 Å². The van der Waals surface area contributed by atoms with Crippen LogP contribution in [-0.4, -0.2) is 49.8 Å². The Labute approximate surface area is 186 Å². The van der Waals surface area contributed by atoms with Gasteiger partial charge in [-0.1, -0.05) is 49.6 Å². The van der Waals surface area contributed by atoms with Crippen LogP contribution in [0.15, 0.2) is 41.3 Å². The predicted octanol–water partition coefficient (Wildman–Crippen LogP) is 1.28. The first kappa shape index (κ1) is 22.9. The van der Waals surface area contributed by atoms with E-state index < -0.39 is 36.8 Å². The Balaban J connectivity index is 1.57. The molecule has 2 aromatic rings. The van der Waals surface area contributed by atoms with Crippen molar-refractivity contribution in [3.8, 4) is 0 Å². The molecule has 4 rings (SSSR count). The molecule has 1 aromatic heterocycles. The van der Waals surface area contributed by atoms with Gasteiger partial charge in [0.05, 0.1) is 19.3 Å². The molecule has 5 N–H and O–H groups in total. The lowest BCUT2D eigenvalue weighted by atomic mass is 9.82. The molecular formula is C23H31N3O6. The Bertz CT molecular complexity index is 946. The maximum atomic E-state index is 12.4. The SMILES string of the molecule is Nc1nc(=O)n([C@@H]2O[C@H](CO)[C@@H](O)[C@H]2O)cc1COC(c1ccccc1)C1CCCCC1. The van der Waals surface area contributed by atoms with Crippen LogP contribution in [-0.2, 0) is 16.1 Å². The molecule has 1 aliphatic heterocycles. The number of nitrogens with zero attached hydrogens (tertiary/aromatic N) is 2. The number of aliphatic hydroxyl groups is 3. The highest BCUT2D eigenvalue weighted by molar-refractivity contribution is 5.36. The van der Waals surface area contributed by atoms with Gasteiger partial charge in [-0.2, -0.15) is 4.98 Å². The van der Waals surface area contributed by atoms with E-state index in [1.54, 1.807) is 0 Å². The van der Waals surface area contributed by atoms with Crippen molar-refractivity contribution in [1.29, 1.82) is 0 Å². The number of ether oxygens (including phenoxy) is 2. The largest absolute Gasteiger partial charge is 0.394 e. The van der Waals surface area contributed by atoms with Crippen molar-refractivity contribution >= 4 is 5.82 Å². The number of hydrogen-bond acceptors (Lipinski definition) is 8. The molecule has 0 radical (unpaired) electrons. The molecule has 0 amide bonds. The second-order valence-electron chi connectivity index (χ2n) is 8.61. The Hall–Kier alpha value is -2.30. The number of nitrogen functional groups attached to an aromatic ring is 1. The summed E-state index contributed by atoms with van der Waals surface area (Å²) in [5.41, 5.74) is 6.88. The summed E-state index contributed by atoms with van der Waals surface area (Å²) in [6, 6.07) is 10.1. The van der Waals surface area contributed by atoms with Gasteiger partial charge in [0.15, 0.2) is 6.23 Å². The van der Waals surface area contributed by atoms with E-state index in [0.29, 0.717) is 11.5 Å². The first-order valence-electron chi connectivity index (χ1n) is 11.2. The summed E-state index contributed by atoms with van der Waals surface area (Å²) in [5, 5.41) is 29.7. The van der Waals surface area contributed by atoms with Crippen LogP contribution in [0.4, 0.5) is 5.82 Å². The average Bonchev–Trinajstić information content (AvgIpc) is 3.10. The van der Waals surface area contributed by atoms with Crippen molar-refractivity contribution in [1.82, 2.24) is 9.55 Å². The van der Waals surface area contributed by atoms with Gasteiger partial charge in [0.25, 0.3) is 0 Å². The van der Waals surface area contributed by atoms with Gasteiger partial charge in [-0.25, -0.2) is 4.79 Å². The topological polar surface area (TPSA) is 140 Å². The number of anilines is 1. The van der Waals surface area contributed by atoms with Gasteiger partial charge in [-0.05, 0) is 24.3 Å². The minimum absolute atomic E-state index is 0.0495. The highest BCUT2D eigenvalue weighted by Crippen LogP contribution is 2.37. The van der Waals surface area contributed by atoms with E-state index >= 15 is 0 Å². The van der Waals surface area contributed by atoms with Crippen LogP contribution >= 0.6 is 0 Å². The lowest BCUT2D eigenvalue weighted by Crippen LogP contribution is -2.36. The fraction of sp³-hybridized carbons (Fsp3) is 0.565. The first-order chi connectivity index (χ1) is 15.5. The van der Waals surface area contributed by atoms with Crippen molar-refractivity contribution in [3.63, 3.8) is 0 Å². The van der Waals surface area contributed by atoms with Gasteiger partial charge >= 0.3 is 5.69 Å². The third kappa shape index (κ3) is 4.72. The lowest BCUT2D eigenvalue weighted by molar-refractivity contribution is -0.0555. The second-order valence-corrected chi connectivity index (χ2v) is 8.61. The highest BCUT2D eigenvalue weighted by atomic mass is 16.6. The fourth-order valence-corrected chi connectivity index (χ4v) is 4.69. The van der Waals surface area contributed by atoms with E-state index in [0.717, 1.165) is 23.0 Å². The summed E-state index contributed by atoms with van der Waals surface area (Å²) < 4.78 is 12.9. The lowest BCUT2D eigenvalue weighted by Gasteiger charge is -2.31. The van der Waals surface area contributed by atoms with Crippen LogP contribution < -0.4 is 11.4 Å². The minimum atomic E-state index is -1.39. The van der Waals surface area contributed by atoms with Crippen molar-refractivity contribution in [2.75, 3.05) is 12.3 Å². The van der Waals surface area contributed by atoms with E-state index in [1.807, 2.05) is 18.2 Å². The van der Waals surface area contributed by atoms with Crippen LogP contribution in [0.3, 0.4) is 0 Å². The van der Waals surface area contributed by atoms with Crippen molar-refractivity contribution in [2.45, 2.75) is 69.4 Å². The molecular weight excluding hydrogens is 414 g/mol. The predicted molar refractivity (Wildman–Crippen MR) is 116 cm³/mol. The summed E-state index contributed by atoms with van der Waals surface area (Å²) in [5.74, 6) is 0.445. The van der Waals surface area contributed by atoms with Gasteiger partial charge in [-0.3, -0.25) is 4.57 Å². The summed E-state index contributed by atoms with van der Waals surface area (Å²) in [4.78, 5) is 16.3. The first-order valence-corrected chi connectivity index (χ1v) is 11.2. The van der Waals surface area contributed by atoms with Crippen molar-refractivity contribution in [3.05, 3.63) is 58.1 Å².